The Bertz CT molecular complexity index is 3170. The summed E-state index contributed by atoms with van der Waals surface area (Å²) in [6.07, 6.45) is 12.7. The fourth-order valence-corrected chi connectivity index (χ4v) is 15.5. The summed E-state index contributed by atoms with van der Waals surface area (Å²) < 4.78 is 5.56. The van der Waals surface area contributed by atoms with Crippen LogP contribution < -0.4 is 20.7 Å². The van der Waals surface area contributed by atoms with E-state index in [1.165, 1.54) is 7.11 Å². The first-order valence-corrected chi connectivity index (χ1v) is 29.4. The average Bonchev–Trinajstić information content (AvgIpc) is 3.95. The summed E-state index contributed by atoms with van der Waals surface area (Å²) in [4.78, 5) is 33.5. The highest BCUT2D eigenvalue weighted by Gasteiger charge is 2.56. The van der Waals surface area contributed by atoms with Crippen LogP contribution in [0.3, 0.4) is 0 Å². The lowest BCUT2D eigenvalue weighted by Crippen LogP contribution is -2.52. The van der Waals surface area contributed by atoms with Gasteiger partial charge in [0.15, 0.2) is 29.2 Å². The summed E-state index contributed by atoms with van der Waals surface area (Å²) in [6, 6.07) is 25.5. The number of allylic oxidation sites excluding steroid dienone is 2. The topological polar surface area (TPSA) is 196 Å². The second kappa shape index (κ2) is 23.4. The number of hydrogen-bond acceptors (Lipinski definition) is 11. The lowest BCUT2D eigenvalue weighted by molar-refractivity contribution is -0.142. The molecule has 0 radical (unpaired) electrons. The van der Waals surface area contributed by atoms with Gasteiger partial charge in [0, 0.05) is 72.7 Å². The second-order valence-corrected chi connectivity index (χ2v) is 24.2. The monoisotopic (exact) mass is 1070 g/mol. The number of benzene rings is 4. The highest BCUT2D eigenvalue weighted by atomic mass is 16.5. The Labute approximate surface area is 465 Å². The summed E-state index contributed by atoms with van der Waals surface area (Å²) in [7, 11) is 1.49. The first kappa shape index (κ1) is 54.6. The number of aliphatic hydroxyl groups is 3. The number of aromatic nitrogens is 1. The molecule has 11 rings (SSSR count). The minimum Gasteiger partial charge on any atom is -0.507 e. The number of aryl methyl sites for hydroxylation is 1. The van der Waals surface area contributed by atoms with Gasteiger partial charge >= 0.3 is 0 Å². The van der Waals surface area contributed by atoms with E-state index in [1.54, 1.807) is 12.1 Å². The smallest absolute Gasteiger partial charge is 0.173 e. The summed E-state index contributed by atoms with van der Waals surface area (Å²) in [5.74, 6) is 5.93. The Kier molecular flexibility index (Phi) is 16.2. The molecule has 1 spiro atoms. The molecule has 6 aliphatic rings. The lowest BCUT2D eigenvalue weighted by Gasteiger charge is -2.50. The van der Waals surface area contributed by atoms with Crippen molar-refractivity contribution in [2.24, 2.45) is 41.4 Å². The van der Waals surface area contributed by atoms with E-state index in [4.69, 9.17) is 4.74 Å². The third kappa shape index (κ3) is 11.0. The van der Waals surface area contributed by atoms with E-state index in [2.05, 4.69) is 71.0 Å². The Hall–Kier alpha value is -6.36. The molecular weight excluding hydrogens is 989 g/mol. The number of Topliss-reactive ketones (excluding diaryl/α,β-unsaturated/α-hetero) is 2. The van der Waals surface area contributed by atoms with Crippen LogP contribution in [0.4, 0.5) is 5.69 Å². The molecule has 3 heterocycles. The number of phenols is 2. The van der Waals surface area contributed by atoms with Gasteiger partial charge in [-0.3, -0.25) is 9.59 Å². The average molecular weight is 1070 g/mol. The number of rotatable bonds is 3. The number of β-amino-alcohol motifs (C(OH)–C–C–N with tert-alkyl or cyclic N) is 1. The number of methoxy groups -OCH3 is 1. The van der Waals surface area contributed by atoms with Gasteiger partial charge < -0.3 is 51.2 Å². The lowest BCUT2D eigenvalue weighted by atomic mass is 9.57. The number of nitrogens with one attached hydrogen (secondary N) is 4. The SMILES string of the molecule is CC[C@H]1CC[C@H]2CCCC[C@@]23c2cc(c[nH]2)[C@@H](C)CNC[C@H](O)Cc2ccc4ccc(cc4c2O)NC2=CC(=CCN2)C[C@H]2C[C@H](C[C@@H]4C(=O)[C@H](O)C(=O)CCc5cc(OC)c(O)cc5[C@@H](c5ccccc5)C#C[C@H]4C2)[C@H]1[C@@H]3O. The number of aromatic amines is 1. The van der Waals surface area contributed by atoms with Crippen molar-refractivity contribution in [2.75, 3.05) is 32.1 Å². The van der Waals surface area contributed by atoms with Crippen molar-refractivity contribution in [1.82, 2.24) is 15.6 Å². The molecule has 1 aromatic heterocycles. The van der Waals surface area contributed by atoms with E-state index >= 15 is 4.79 Å². The zero-order valence-corrected chi connectivity index (χ0v) is 46.1. The molecule has 416 valence electrons. The number of carbonyl (C=O) groups excluding carboxylic acids is 2. The van der Waals surface area contributed by atoms with Crippen molar-refractivity contribution < 1.29 is 39.9 Å². The van der Waals surface area contributed by atoms with E-state index in [0.29, 0.717) is 56.3 Å². The normalized spacial score (nSPS) is 31.7. The molecule has 3 fully saturated rings. The van der Waals surface area contributed by atoms with Crippen LogP contribution in [-0.4, -0.2) is 87.1 Å². The third-order valence-corrected chi connectivity index (χ3v) is 19.6. The molecule has 9 N–H and O–H groups in total. The number of dihydropyridines is 1. The quantitative estimate of drug-likeness (QED) is 0.0616. The number of carbonyl (C=O) groups is 2. The Balaban J connectivity index is 1.06. The number of H-pyrrole nitrogens is 1. The van der Waals surface area contributed by atoms with Gasteiger partial charge in [-0.1, -0.05) is 99.6 Å². The fourth-order valence-electron chi connectivity index (χ4n) is 15.5. The molecule has 0 unspecified atom stereocenters. The summed E-state index contributed by atoms with van der Waals surface area (Å²) in [5.41, 5.74) is 6.67. The fraction of sp³-hybridized carbons (Fsp3) is 0.493. The number of aliphatic hydroxyl groups excluding tert-OH is 3. The molecule has 4 aromatic carbocycles. The summed E-state index contributed by atoms with van der Waals surface area (Å²) in [6.45, 7) is 6.00. The van der Waals surface area contributed by atoms with Crippen LogP contribution in [0.5, 0.6) is 17.2 Å². The Morgan fingerprint density at radius 2 is 1.67 bits per heavy atom. The molecule has 0 amide bonds. The summed E-state index contributed by atoms with van der Waals surface area (Å²) in [5, 5.41) is 72.5. The molecule has 11 bridgehead atoms. The maximum Gasteiger partial charge on any atom is 0.173 e. The molecule has 12 heteroatoms. The first-order valence-electron chi connectivity index (χ1n) is 29.4. The van der Waals surface area contributed by atoms with Crippen LogP contribution in [0, 0.1) is 53.3 Å². The standard InChI is InChI=1S/C67H80N4O8/c1-4-42-15-19-50-12-8-9-24-67(50)60-33-49(37-70-60)39(2)36-68-38-52(72)30-47-14-13-44-16-20-51(34-56(44)63(47)75)71-61-29-40(23-25-69-61)26-41-27-45-17-21-53(43-10-6-5-7-11-43)54-35-58(74)59(79-3)32-46(54)18-22-57(73)65(77)64(76)55(45)31-48(28-41)62(42)66(67)78/h5-7,10-11,13-14,16,20,23,29,32-35,37,39,41-42,45,48,50,52-53,55,62,65-66,68-72,74-75,77-78H,4,8-9,12,15,18-19,22,24-28,30-31,36,38H2,1-3H3/t39-,41+,42-,45-,48+,50+,52+,53+,55-,62-,65+,66-,67-/m0/s1. The van der Waals surface area contributed by atoms with Crippen molar-refractivity contribution >= 4 is 28.0 Å². The van der Waals surface area contributed by atoms with E-state index < -0.39 is 53.0 Å². The molecule has 5 aromatic rings. The maximum atomic E-state index is 15.4. The van der Waals surface area contributed by atoms with Crippen molar-refractivity contribution in [1.29, 1.82) is 0 Å². The van der Waals surface area contributed by atoms with Gasteiger partial charge in [-0.15, -0.1) is 0 Å². The van der Waals surface area contributed by atoms with Gasteiger partial charge in [-0.2, -0.15) is 0 Å². The molecule has 3 saturated carbocycles. The van der Waals surface area contributed by atoms with Crippen LogP contribution >= 0.6 is 0 Å². The van der Waals surface area contributed by atoms with Gasteiger partial charge in [-0.25, -0.2) is 0 Å². The Morgan fingerprint density at radius 3 is 2.49 bits per heavy atom. The molecule has 2 aliphatic heterocycles. The van der Waals surface area contributed by atoms with E-state index in [1.807, 2.05) is 60.7 Å². The number of hydrogen-bond donors (Lipinski definition) is 9. The van der Waals surface area contributed by atoms with Gasteiger partial charge in [-0.05, 0) is 168 Å². The maximum absolute atomic E-state index is 15.4. The first-order chi connectivity index (χ1) is 38.3. The number of phenolic OH excluding ortho intramolecular Hbond substituents is 2. The van der Waals surface area contributed by atoms with Crippen LogP contribution in [0.25, 0.3) is 10.8 Å². The number of ketones is 2. The molecule has 13 atom stereocenters. The molecule has 12 nitrogen and oxygen atoms in total. The number of aromatic hydroxyl groups is 2. The predicted octanol–water partition coefficient (Wildman–Crippen LogP) is 10.2. The van der Waals surface area contributed by atoms with Gasteiger partial charge in [0.2, 0.25) is 0 Å². The third-order valence-electron chi connectivity index (χ3n) is 19.6. The van der Waals surface area contributed by atoms with Gasteiger partial charge in [0.25, 0.3) is 0 Å². The van der Waals surface area contributed by atoms with Gasteiger partial charge in [0.1, 0.15) is 11.6 Å². The van der Waals surface area contributed by atoms with Crippen molar-refractivity contribution in [2.45, 2.75) is 139 Å². The predicted molar refractivity (Wildman–Crippen MR) is 309 cm³/mol. The molecular formula is C67H80N4O8. The van der Waals surface area contributed by atoms with Crippen LogP contribution in [0.15, 0.2) is 109 Å². The minimum absolute atomic E-state index is 0.00200. The van der Waals surface area contributed by atoms with Gasteiger partial charge in [0.05, 0.1) is 25.2 Å². The van der Waals surface area contributed by atoms with Crippen LogP contribution in [0.2, 0.25) is 0 Å². The zero-order chi connectivity index (χ0) is 55.0. The van der Waals surface area contributed by atoms with Crippen molar-refractivity contribution in [3.05, 3.63) is 142 Å². The minimum atomic E-state index is -1.84. The van der Waals surface area contributed by atoms with Crippen LogP contribution in [-0.2, 0) is 27.8 Å². The number of fused-ring (bicyclic) bond motifs is 11. The molecule has 79 heavy (non-hydrogen) atoms. The van der Waals surface area contributed by atoms with Crippen molar-refractivity contribution in [3.8, 4) is 29.1 Å². The van der Waals surface area contributed by atoms with E-state index in [0.717, 1.165) is 102 Å². The molecule has 0 saturated heterocycles. The number of anilines is 1. The summed E-state index contributed by atoms with van der Waals surface area (Å²) >= 11 is 0. The largest absolute Gasteiger partial charge is 0.507 e. The molecule has 4 aliphatic carbocycles. The van der Waals surface area contributed by atoms with E-state index in [-0.39, 0.29) is 65.6 Å². The Morgan fingerprint density at radius 1 is 0.835 bits per heavy atom. The highest BCUT2D eigenvalue weighted by Crippen LogP contribution is 2.58. The zero-order valence-electron chi connectivity index (χ0n) is 46.1. The highest BCUT2D eigenvalue weighted by molar-refractivity contribution is 6.06. The number of ether oxygens (including phenoxy) is 1. The van der Waals surface area contributed by atoms with Crippen LogP contribution in [0.1, 0.15) is 136 Å². The van der Waals surface area contributed by atoms with E-state index in [9.17, 15) is 30.3 Å². The second-order valence-electron chi connectivity index (χ2n) is 24.2. The van der Waals surface area contributed by atoms with Crippen molar-refractivity contribution in [3.63, 3.8) is 0 Å².